The van der Waals surface area contributed by atoms with Crippen LogP contribution in [0.25, 0.3) is 10.9 Å². The Bertz CT molecular complexity index is 698. The number of halogens is 1. The van der Waals surface area contributed by atoms with Crippen LogP contribution in [0.15, 0.2) is 54.7 Å². The van der Waals surface area contributed by atoms with E-state index in [0.29, 0.717) is 5.88 Å². The molecule has 0 fully saturated rings. The first-order valence-corrected chi connectivity index (χ1v) is 7.00. The van der Waals surface area contributed by atoms with Crippen molar-refractivity contribution in [2.45, 2.75) is 19.3 Å². The molecule has 0 atom stereocenters. The highest BCUT2D eigenvalue weighted by atomic mass is 35.5. The number of para-hydroxylation sites is 1. The molecule has 3 rings (SSSR count). The molecule has 0 bridgehead atoms. The molecule has 2 aromatic carbocycles. The first-order chi connectivity index (χ1) is 9.29. The van der Waals surface area contributed by atoms with Gasteiger partial charge in [-0.2, -0.15) is 0 Å². The first kappa shape index (κ1) is 12.3. The molecule has 0 saturated carbocycles. The van der Waals surface area contributed by atoms with Crippen LogP contribution >= 0.6 is 11.6 Å². The van der Waals surface area contributed by atoms with Crippen LogP contribution in [0.3, 0.4) is 0 Å². The lowest BCUT2D eigenvalue weighted by Gasteiger charge is -2.07. The highest BCUT2D eigenvalue weighted by molar-refractivity contribution is 6.18. The van der Waals surface area contributed by atoms with Crippen LogP contribution < -0.4 is 0 Å². The van der Waals surface area contributed by atoms with E-state index in [2.05, 4.69) is 60.2 Å². The molecule has 96 valence electrons. The molecular formula is C17H16ClN. The van der Waals surface area contributed by atoms with Crippen molar-refractivity contribution in [1.29, 1.82) is 0 Å². The van der Waals surface area contributed by atoms with E-state index in [0.717, 1.165) is 6.54 Å². The molecule has 1 nitrogen and oxygen atoms in total. The minimum atomic E-state index is 0.557. The van der Waals surface area contributed by atoms with Crippen LogP contribution in [-0.2, 0) is 12.4 Å². The van der Waals surface area contributed by atoms with E-state index in [-0.39, 0.29) is 0 Å². The predicted octanol–water partition coefficient (Wildman–Crippen LogP) is 4.74. The second-order valence-electron chi connectivity index (χ2n) is 4.87. The number of hydrogen-bond acceptors (Lipinski definition) is 0. The van der Waals surface area contributed by atoms with Gasteiger partial charge in [0.2, 0.25) is 0 Å². The lowest BCUT2D eigenvalue weighted by Crippen LogP contribution is -1.98. The van der Waals surface area contributed by atoms with Crippen LogP contribution in [0.2, 0.25) is 0 Å². The third-order valence-electron chi connectivity index (χ3n) is 3.52. The Morgan fingerprint density at radius 1 is 1.00 bits per heavy atom. The second-order valence-corrected chi connectivity index (χ2v) is 5.14. The zero-order valence-corrected chi connectivity index (χ0v) is 11.7. The third-order valence-corrected chi connectivity index (χ3v) is 3.81. The standard InChI is InChI=1S/C17H16ClN/c1-13-6-5-9-16-15(10-18)12-19(17(13)16)11-14-7-3-2-4-8-14/h2-9,12H,10-11H2,1H3. The predicted molar refractivity (Wildman–Crippen MR) is 81.8 cm³/mol. The fourth-order valence-electron chi connectivity index (χ4n) is 2.63. The van der Waals surface area contributed by atoms with Gasteiger partial charge in [0.15, 0.2) is 0 Å². The van der Waals surface area contributed by atoms with E-state index in [1.165, 1.54) is 27.6 Å². The minimum absolute atomic E-state index is 0.557. The summed E-state index contributed by atoms with van der Waals surface area (Å²) < 4.78 is 2.30. The molecule has 2 heteroatoms. The average molecular weight is 270 g/mol. The van der Waals surface area contributed by atoms with Crippen LogP contribution in [-0.4, -0.2) is 4.57 Å². The minimum Gasteiger partial charge on any atom is -0.343 e. The number of alkyl halides is 1. The van der Waals surface area contributed by atoms with Gasteiger partial charge in [0.1, 0.15) is 0 Å². The molecule has 0 N–H and O–H groups in total. The summed E-state index contributed by atoms with van der Waals surface area (Å²) in [6.07, 6.45) is 2.18. The SMILES string of the molecule is Cc1cccc2c(CCl)cn(Cc3ccccc3)c12. The summed E-state index contributed by atoms with van der Waals surface area (Å²) in [5, 5.41) is 1.27. The maximum atomic E-state index is 6.06. The Labute approximate surface area is 118 Å². The maximum Gasteiger partial charge on any atom is 0.0516 e. The van der Waals surface area contributed by atoms with Gasteiger partial charge in [0, 0.05) is 24.0 Å². The smallest absolute Gasteiger partial charge is 0.0516 e. The molecule has 1 heterocycles. The fourth-order valence-corrected chi connectivity index (χ4v) is 2.85. The molecule has 0 unspecified atom stereocenters. The number of fused-ring (bicyclic) bond motifs is 1. The van der Waals surface area contributed by atoms with E-state index < -0.39 is 0 Å². The lowest BCUT2D eigenvalue weighted by molar-refractivity contribution is 0.831. The van der Waals surface area contributed by atoms with Gasteiger partial charge in [-0.3, -0.25) is 0 Å². The molecule has 3 aromatic rings. The van der Waals surface area contributed by atoms with E-state index in [1.807, 2.05) is 6.07 Å². The molecule has 19 heavy (non-hydrogen) atoms. The highest BCUT2D eigenvalue weighted by Crippen LogP contribution is 2.26. The number of hydrogen-bond donors (Lipinski definition) is 0. The molecule has 0 aliphatic rings. The van der Waals surface area contributed by atoms with Gasteiger partial charge in [-0.1, -0.05) is 48.5 Å². The van der Waals surface area contributed by atoms with E-state index >= 15 is 0 Å². The Kier molecular flexibility index (Phi) is 3.31. The van der Waals surface area contributed by atoms with E-state index in [4.69, 9.17) is 11.6 Å². The van der Waals surface area contributed by atoms with Crippen molar-refractivity contribution in [2.24, 2.45) is 0 Å². The lowest BCUT2D eigenvalue weighted by atomic mass is 10.1. The molecule has 0 aliphatic carbocycles. The summed E-state index contributed by atoms with van der Waals surface area (Å²) in [5.41, 5.74) is 5.10. The van der Waals surface area contributed by atoms with Crippen molar-refractivity contribution in [3.63, 3.8) is 0 Å². The number of benzene rings is 2. The van der Waals surface area contributed by atoms with Gasteiger partial charge in [-0.25, -0.2) is 0 Å². The number of aromatic nitrogens is 1. The zero-order valence-electron chi connectivity index (χ0n) is 10.9. The molecular weight excluding hydrogens is 254 g/mol. The van der Waals surface area contributed by atoms with Crippen molar-refractivity contribution in [2.75, 3.05) is 0 Å². The van der Waals surface area contributed by atoms with Crippen LogP contribution in [0.4, 0.5) is 0 Å². The number of nitrogens with zero attached hydrogens (tertiary/aromatic N) is 1. The monoisotopic (exact) mass is 269 g/mol. The van der Waals surface area contributed by atoms with Gasteiger partial charge in [-0.15, -0.1) is 11.6 Å². The van der Waals surface area contributed by atoms with Crippen molar-refractivity contribution in [3.8, 4) is 0 Å². The Morgan fingerprint density at radius 3 is 2.53 bits per heavy atom. The van der Waals surface area contributed by atoms with Gasteiger partial charge < -0.3 is 4.57 Å². The summed E-state index contributed by atoms with van der Waals surface area (Å²) in [6, 6.07) is 16.9. The van der Waals surface area contributed by atoms with Crippen molar-refractivity contribution >= 4 is 22.5 Å². The topological polar surface area (TPSA) is 4.93 Å². The average Bonchev–Trinajstić information content (AvgIpc) is 2.79. The molecule has 0 amide bonds. The van der Waals surface area contributed by atoms with Crippen molar-refractivity contribution in [3.05, 3.63) is 71.4 Å². The normalized spacial score (nSPS) is 11.1. The second kappa shape index (κ2) is 5.10. The number of rotatable bonds is 3. The van der Waals surface area contributed by atoms with E-state index in [9.17, 15) is 0 Å². The Hall–Kier alpha value is -1.73. The van der Waals surface area contributed by atoms with Crippen molar-refractivity contribution < 1.29 is 0 Å². The van der Waals surface area contributed by atoms with Crippen LogP contribution in [0, 0.1) is 6.92 Å². The fraction of sp³-hybridized carbons (Fsp3) is 0.176. The van der Waals surface area contributed by atoms with Gasteiger partial charge in [0.25, 0.3) is 0 Å². The maximum absolute atomic E-state index is 6.06. The molecule has 0 saturated heterocycles. The molecule has 0 spiro atoms. The summed E-state index contributed by atoms with van der Waals surface area (Å²) >= 11 is 6.06. The van der Waals surface area contributed by atoms with Gasteiger partial charge >= 0.3 is 0 Å². The third kappa shape index (κ3) is 2.26. The van der Waals surface area contributed by atoms with Crippen LogP contribution in [0.1, 0.15) is 16.7 Å². The Balaban J connectivity index is 2.13. The van der Waals surface area contributed by atoms with Gasteiger partial charge in [-0.05, 0) is 23.6 Å². The summed E-state index contributed by atoms with van der Waals surface area (Å²) in [4.78, 5) is 0. The summed E-state index contributed by atoms with van der Waals surface area (Å²) in [5.74, 6) is 0.557. The largest absolute Gasteiger partial charge is 0.343 e. The molecule has 1 aromatic heterocycles. The highest BCUT2D eigenvalue weighted by Gasteiger charge is 2.09. The number of aryl methyl sites for hydroxylation is 1. The summed E-state index contributed by atoms with van der Waals surface area (Å²) in [6.45, 7) is 3.04. The van der Waals surface area contributed by atoms with E-state index in [1.54, 1.807) is 0 Å². The molecule has 0 aliphatic heterocycles. The zero-order chi connectivity index (χ0) is 13.2. The molecule has 0 radical (unpaired) electrons. The first-order valence-electron chi connectivity index (χ1n) is 6.47. The van der Waals surface area contributed by atoms with Crippen LogP contribution in [0.5, 0.6) is 0 Å². The van der Waals surface area contributed by atoms with Gasteiger partial charge in [0.05, 0.1) is 5.52 Å². The quantitative estimate of drug-likeness (QED) is 0.606. The van der Waals surface area contributed by atoms with Crippen molar-refractivity contribution in [1.82, 2.24) is 4.57 Å². The Morgan fingerprint density at radius 2 is 1.79 bits per heavy atom. The summed E-state index contributed by atoms with van der Waals surface area (Å²) in [7, 11) is 0.